The molecule has 0 bridgehead atoms. The predicted molar refractivity (Wildman–Crippen MR) is 68.4 cm³/mol. The number of carbonyl (C=O) groups is 2. The van der Waals surface area contributed by atoms with Gasteiger partial charge in [-0.15, -0.1) is 11.3 Å². The number of hydrogen-bond donors (Lipinski definition) is 2. The molecule has 3 N–H and O–H groups in total. The zero-order valence-corrected chi connectivity index (χ0v) is 11.0. The average molecular weight is 269 g/mol. The van der Waals surface area contributed by atoms with Crippen molar-refractivity contribution in [2.45, 2.75) is 18.9 Å². The van der Waals surface area contributed by atoms with Crippen LogP contribution in [0.5, 0.6) is 0 Å². The van der Waals surface area contributed by atoms with Gasteiger partial charge in [-0.25, -0.2) is 4.79 Å². The Morgan fingerprint density at radius 3 is 2.67 bits per heavy atom. The van der Waals surface area contributed by atoms with Gasteiger partial charge in [0, 0.05) is 4.88 Å². The third kappa shape index (κ3) is 2.44. The van der Waals surface area contributed by atoms with E-state index in [1.54, 1.807) is 18.4 Å². The van der Waals surface area contributed by atoms with Crippen LogP contribution in [-0.2, 0) is 26.3 Å². The van der Waals surface area contributed by atoms with Crippen LogP contribution >= 0.6 is 11.3 Å². The van der Waals surface area contributed by atoms with Gasteiger partial charge in [0.15, 0.2) is 5.54 Å². The maximum Gasteiger partial charge on any atom is 0.335 e. The molecule has 0 aromatic carbocycles. The van der Waals surface area contributed by atoms with E-state index in [4.69, 9.17) is 15.6 Å². The Morgan fingerprint density at radius 1 is 1.61 bits per heavy atom. The quantitative estimate of drug-likeness (QED) is 0.621. The summed E-state index contributed by atoms with van der Waals surface area (Å²) in [5, 5.41) is 10.5. The minimum atomic E-state index is -1.49. The second kappa shape index (κ2) is 5.32. The summed E-state index contributed by atoms with van der Waals surface area (Å²) in [4.78, 5) is 23.1. The molecule has 0 aliphatic carbocycles. The zero-order chi connectivity index (χ0) is 13.9. The van der Waals surface area contributed by atoms with Gasteiger partial charge in [0.1, 0.15) is 0 Å². The summed E-state index contributed by atoms with van der Waals surface area (Å²) >= 11 is 1.22. The van der Waals surface area contributed by atoms with Crippen molar-refractivity contribution in [2.75, 3.05) is 7.11 Å². The lowest BCUT2D eigenvalue weighted by Gasteiger charge is -2.27. The van der Waals surface area contributed by atoms with Gasteiger partial charge in [-0.3, -0.25) is 4.79 Å². The van der Waals surface area contributed by atoms with Gasteiger partial charge in [0.05, 0.1) is 13.5 Å². The minimum absolute atomic E-state index is 0.192. The number of nitrogens with two attached hydrogens (primary N) is 1. The van der Waals surface area contributed by atoms with Crippen molar-refractivity contribution in [1.82, 2.24) is 0 Å². The second-order valence-corrected chi connectivity index (χ2v) is 4.84. The summed E-state index contributed by atoms with van der Waals surface area (Å²) in [6, 6.07) is 1.64. The van der Waals surface area contributed by atoms with Gasteiger partial charge in [-0.2, -0.15) is 0 Å². The number of carbonyl (C=O) groups excluding carboxylic acids is 1. The molecule has 6 heteroatoms. The smallest absolute Gasteiger partial charge is 0.335 e. The van der Waals surface area contributed by atoms with Crippen molar-refractivity contribution in [3.05, 3.63) is 34.0 Å². The van der Waals surface area contributed by atoms with E-state index in [0.29, 0.717) is 16.0 Å². The van der Waals surface area contributed by atoms with Gasteiger partial charge in [0.25, 0.3) is 0 Å². The molecule has 0 spiro atoms. The fraction of sp³-hybridized carbons (Fsp3) is 0.333. The van der Waals surface area contributed by atoms with E-state index in [2.05, 4.69) is 6.58 Å². The maximum absolute atomic E-state index is 11.9. The summed E-state index contributed by atoms with van der Waals surface area (Å²) < 4.78 is 4.69. The van der Waals surface area contributed by atoms with E-state index < -0.39 is 17.5 Å². The van der Waals surface area contributed by atoms with Crippen LogP contribution in [0.2, 0.25) is 0 Å². The lowest BCUT2D eigenvalue weighted by Crippen LogP contribution is -2.46. The molecule has 1 aromatic rings. The van der Waals surface area contributed by atoms with E-state index in [1.807, 2.05) is 0 Å². The highest BCUT2D eigenvalue weighted by molar-refractivity contribution is 7.10. The SMILES string of the molecule is C=C(C)C(N)(C(=O)OC)c1sccc1CC(=O)O. The fourth-order valence-electron chi connectivity index (χ4n) is 1.61. The highest BCUT2D eigenvalue weighted by Gasteiger charge is 2.41. The first kappa shape index (κ1) is 14.4. The lowest BCUT2D eigenvalue weighted by atomic mass is 9.88. The zero-order valence-electron chi connectivity index (χ0n) is 10.2. The number of carboxylic acid groups (broad SMARTS) is 1. The van der Waals surface area contributed by atoms with Crippen LogP contribution < -0.4 is 5.73 Å². The van der Waals surface area contributed by atoms with Gasteiger partial charge in [-0.1, -0.05) is 6.58 Å². The van der Waals surface area contributed by atoms with Crippen LogP contribution in [0.4, 0.5) is 0 Å². The summed E-state index contributed by atoms with van der Waals surface area (Å²) in [6.07, 6.45) is -0.192. The summed E-state index contributed by atoms with van der Waals surface area (Å²) in [6.45, 7) is 5.32. The number of rotatable bonds is 5. The van der Waals surface area contributed by atoms with Crippen molar-refractivity contribution in [3.8, 4) is 0 Å². The largest absolute Gasteiger partial charge is 0.481 e. The van der Waals surface area contributed by atoms with Crippen molar-refractivity contribution in [1.29, 1.82) is 0 Å². The molecule has 0 fully saturated rings. The van der Waals surface area contributed by atoms with Crippen LogP contribution in [-0.4, -0.2) is 24.2 Å². The maximum atomic E-state index is 11.9. The molecule has 1 rings (SSSR count). The summed E-state index contributed by atoms with van der Waals surface area (Å²) in [7, 11) is 1.23. The third-order valence-corrected chi connectivity index (χ3v) is 3.72. The average Bonchev–Trinajstić information content (AvgIpc) is 2.74. The van der Waals surface area contributed by atoms with Gasteiger partial charge >= 0.3 is 11.9 Å². The molecule has 0 saturated heterocycles. The van der Waals surface area contributed by atoms with E-state index in [9.17, 15) is 9.59 Å². The van der Waals surface area contributed by atoms with Crippen molar-refractivity contribution in [3.63, 3.8) is 0 Å². The Labute approximate surface area is 109 Å². The molecule has 1 atom stereocenters. The van der Waals surface area contributed by atoms with Crippen molar-refractivity contribution in [2.24, 2.45) is 5.73 Å². The number of carboxylic acids is 1. The molecule has 0 aliphatic rings. The number of ether oxygens (including phenoxy) is 1. The third-order valence-electron chi connectivity index (χ3n) is 2.63. The lowest BCUT2D eigenvalue weighted by molar-refractivity contribution is -0.146. The molecule has 18 heavy (non-hydrogen) atoms. The molecule has 0 amide bonds. The molecule has 1 unspecified atom stereocenters. The molecule has 1 heterocycles. The van der Waals surface area contributed by atoms with E-state index in [0.717, 1.165) is 0 Å². The number of methoxy groups -OCH3 is 1. The van der Waals surface area contributed by atoms with E-state index in [1.165, 1.54) is 18.4 Å². The van der Waals surface area contributed by atoms with Crippen LogP contribution in [0.25, 0.3) is 0 Å². The van der Waals surface area contributed by atoms with Crippen LogP contribution in [0.1, 0.15) is 17.4 Å². The van der Waals surface area contributed by atoms with Crippen LogP contribution in [0, 0.1) is 0 Å². The molecule has 98 valence electrons. The first-order chi connectivity index (χ1) is 8.33. The van der Waals surface area contributed by atoms with Gasteiger partial charge in [-0.05, 0) is 29.5 Å². The topological polar surface area (TPSA) is 89.6 Å². The number of aliphatic carboxylic acids is 1. The molecular formula is C12H15NO4S. The summed E-state index contributed by atoms with van der Waals surface area (Å²) in [5.74, 6) is -1.63. The van der Waals surface area contributed by atoms with E-state index >= 15 is 0 Å². The van der Waals surface area contributed by atoms with Crippen LogP contribution in [0.15, 0.2) is 23.6 Å². The Hall–Kier alpha value is -1.66. The summed E-state index contributed by atoms with van der Waals surface area (Å²) in [5.41, 5.74) is 5.50. The first-order valence-corrected chi connectivity index (χ1v) is 6.04. The number of esters is 1. The van der Waals surface area contributed by atoms with Crippen molar-refractivity contribution >= 4 is 23.3 Å². The highest BCUT2D eigenvalue weighted by Crippen LogP contribution is 2.34. The number of hydrogen-bond acceptors (Lipinski definition) is 5. The second-order valence-electron chi connectivity index (χ2n) is 3.93. The number of thiophene rings is 1. The Bertz CT molecular complexity index is 494. The van der Waals surface area contributed by atoms with Gasteiger partial charge in [0.2, 0.25) is 0 Å². The monoisotopic (exact) mass is 269 g/mol. The molecule has 0 saturated carbocycles. The first-order valence-electron chi connectivity index (χ1n) is 5.16. The Kier molecular flexibility index (Phi) is 4.26. The molecule has 0 aliphatic heterocycles. The fourth-order valence-corrected chi connectivity index (χ4v) is 2.71. The normalized spacial score (nSPS) is 13.7. The molecule has 5 nitrogen and oxygen atoms in total. The molecule has 0 radical (unpaired) electrons. The Morgan fingerprint density at radius 2 is 2.22 bits per heavy atom. The Balaban J connectivity index is 3.31. The van der Waals surface area contributed by atoms with Crippen LogP contribution in [0.3, 0.4) is 0 Å². The minimum Gasteiger partial charge on any atom is -0.481 e. The predicted octanol–water partition coefficient (Wildman–Crippen LogP) is 1.28. The standard InChI is InChI=1S/C12H15NO4S/c1-7(2)12(13,11(16)17-3)10-8(4-5-18-10)6-9(14)15/h4-5H,1,6,13H2,2-3H3,(H,14,15). The highest BCUT2D eigenvalue weighted by atomic mass is 32.1. The van der Waals surface area contributed by atoms with Crippen molar-refractivity contribution < 1.29 is 19.4 Å². The molecule has 1 aromatic heterocycles. The molecular weight excluding hydrogens is 254 g/mol. The van der Waals surface area contributed by atoms with E-state index in [-0.39, 0.29) is 6.42 Å². The van der Waals surface area contributed by atoms with Gasteiger partial charge < -0.3 is 15.6 Å².